The summed E-state index contributed by atoms with van der Waals surface area (Å²) in [6.45, 7) is 11.2. The number of hydrogen-bond donors (Lipinski definition) is 1. The number of aromatic nitrogens is 1. The van der Waals surface area contributed by atoms with Crippen LogP contribution in [0, 0.1) is 6.92 Å². The fourth-order valence-corrected chi connectivity index (χ4v) is 0.920. The van der Waals surface area contributed by atoms with Gasteiger partial charge in [0.25, 0.3) is 0 Å². The van der Waals surface area contributed by atoms with Gasteiger partial charge in [0.05, 0.1) is 5.54 Å². The van der Waals surface area contributed by atoms with Gasteiger partial charge in [-0.3, -0.25) is 5.21 Å². The van der Waals surface area contributed by atoms with E-state index in [0.29, 0.717) is 11.6 Å². The van der Waals surface area contributed by atoms with E-state index in [0.717, 1.165) is 10.6 Å². The molecule has 0 atom stereocenters. The zero-order chi connectivity index (χ0) is 10.9. The maximum Gasteiger partial charge on any atom is 0.196 e. The second-order valence-corrected chi connectivity index (χ2v) is 3.95. The predicted molar refractivity (Wildman–Crippen MR) is 54.4 cm³/mol. The van der Waals surface area contributed by atoms with Crippen molar-refractivity contribution in [1.82, 2.24) is 5.16 Å². The third kappa shape index (κ3) is 1.80. The molecule has 0 saturated heterocycles. The van der Waals surface area contributed by atoms with E-state index in [4.69, 9.17) is 4.52 Å². The minimum atomic E-state index is -0.552. The minimum Gasteiger partial charge on any atom is -0.359 e. The Morgan fingerprint density at radius 2 is 2.21 bits per heavy atom. The zero-order valence-electron chi connectivity index (χ0n) is 9.03. The summed E-state index contributed by atoms with van der Waals surface area (Å²) in [6, 6.07) is 1.67. The Morgan fingerprint density at radius 1 is 1.64 bits per heavy atom. The molecule has 0 radical (unpaired) electrons. The number of anilines is 1. The van der Waals surface area contributed by atoms with Crippen molar-refractivity contribution >= 4 is 5.82 Å². The molecule has 1 heterocycles. The highest BCUT2D eigenvalue weighted by Crippen LogP contribution is 2.26. The summed E-state index contributed by atoms with van der Waals surface area (Å²) in [7, 11) is 0. The van der Waals surface area contributed by atoms with Crippen LogP contribution in [-0.4, -0.2) is 15.9 Å². The molecule has 0 bridgehead atoms. The minimum absolute atomic E-state index is 0.399. The first-order valence-electron chi connectivity index (χ1n) is 4.44. The lowest BCUT2D eigenvalue weighted by Gasteiger charge is -2.33. The normalized spacial score (nSPS) is 11.5. The second kappa shape index (κ2) is 3.46. The van der Waals surface area contributed by atoms with Gasteiger partial charge in [-0.1, -0.05) is 17.3 Å². The topological polar surface area (TPSA) is 49.5 Å². The summed E-state index contributed by atoms with van der Waals surface area (Å²) in [4.78, 5) is 0. The number of hydrogen-bond acceptors (Lipinski definition) is 4. The standard InChI is InChI=1S/C10H16N2O2/c1-7(2)10(4,5)12(13)9-6-8(3)14-11-9/h6,13H,1H2,2-5H3. The summed E-state index contributed by atoms with van der Waals surface area (Å²) in [6.07, 6.45) is 0. The maximum atomic E-state index is 9.88. The van der Waals surface area contributed by atoms with Crippen LogP contribution < -0.4 is 5.06 Å². The molecule has 0 aromatic carbocycles. The average molecular weight is 196 g/mol. The molecule has 1 aromatic rings. The van der Waals surface area contributed by atoms with Gasteiger partial charge in [0.1, 0.15) is 5.76 Å². The molecule has 78 valence electrons. The first-order valence-corrected chi connectivity index (χ1v) is 4.44. The largest absolute Gasteiger partial charge is 0.359 e. The quantitative estimate of drug-likeness (QED) is 0.596. The van der Waals surface area contributed by atoms with Crippen molar-refractivity contribution in [3.63, 3.8) is 0 Å². The summed E-state index contributed by atoms with van der Waals surface area (Å²) in [5.74, 6) is 1.06. The monoisotopic (exact) mass is 196 g/mol. The van der Waals surface area contributed by atoms with Crippen LogP contribution in [0.4, 0.5) is 5.82 Å². The van der Waals surface area contributed by atoms with E-state index in [9.17, 15) is 5.21 Å². The fourth-order valence-electron chi connectivity index (χ4n) is 0.920. The van der Waals surface area contributed by atoms with E-state index in [2.05, 4.69) is 11.7 Å². The van der Waals surface area contributed by atoms with Gasteiger partial charge in [0.15, 0.2) is 5.82 Å². The van der Waals surface area contributed by atoms with E-state index in [1.54, 1.807) is 13.0 Å². The van der Waals surface area contributed by atoms with Crippen molar-refractivity contribution in [1.29, 1.82) is 0 Å². The molecule has 0 aliphatic rings. The van der Waals surface area contributed by atoms with Crippen molar-refractivity contribution in [3.8, 4) is 0 Å². The van der Waals surface area contributed by atoms with Crippen LogP contribution in [0.15, 0.2) is 22.7 Å². The van der Waals surface area contributed by atoms with Crippen molar-refractivity contribution in [3.05, 3.63) is 24.0 Å². The first-order chi connectivity index (χ1) is 6.35. The Kier molecular flexibility index (Phi) is 2.66. The molecule has 0 aliphatic carbocycles. The molecule has 4 heteroatoms. The van der Waals surface area contributed by atoms with Gasteiger partial charge in [-0.15, -0.1) is 0 Å². The van der Waals surface area contributed by atoms with Gasteiger partial charge in [-0.2, -0.15) is 0 Å². The van der Waals surface area contributed by atoms with E-state index < -0.39 is 5.54 Å². The lowest BCUT2D eigenvalue weighted by molar-refractivity contribution is 0.183. The van der Waals surface area contributed by atoms with Crippen LogP contribution in [0.25, 0.3) is 0 Å². The summed E-state index contributed by atoms with van der Waals surface area (Å²) >= 11 is 0. The van der Waals surface area contributed by atoms with Gasteiger partial charge in [0, 0.05) is 6.07 Å². The van der Waals surface area contributed by atoms with Gasteiger partial charge in [-0.05, 0) is 27.7 Å². The van der Waals surface area contributed by atoms with E-state index in [-0.39, 0.29) is 0 Å². The smallest absolute Gasteiger partial charge is 0.196 e. The van der Waals surface area contributed by atoms with Crippen LogP contribution >= 0.6 is 0 Å². The molecule has 0 spiro atoms. The van der Waals surface area contributed by atoms with Crippen molar-refractivity contribution in [2.75, 3.05) is 5.06 Å². The molecule has 0 amide bonds. The third-order valence-corrected chi connectivity index (χ3v) is 2.41. The Bertz CT molecular complexity index is 342. The molecular formula is C10H16N2O2. The molecule has 0 fully saturated rings. The SMILES string of the molecule is C=C(C)C(C)(C)N(O)c1cc(C)on1. The second-order valence-electron chi connectivity index (χ2n) is 3.95. The molecule has 4 nitrogen and oxygen atoms in total. The van der Waals surface area contributed by atoms with E-state index >= 15 is 0 Å². The Morgan fingerprint density at radius 3 is 2.57 bits per heavy atom. The Balaban J connectivity index is 2.95. The van der Waals surface area contributed by atoms with Gasteiger partial charge in [-0.25, -0.2) is 5.06 Å². The first kappa shape index (κ1) is 10.8. The molecule has 0 saturated carbocycles. The van der Waals surface area contributed by atoms with Crippen molar-refractivity contribution < 1.29 is 9.73 Å². The van der Waals surface area contributed by atoms with Crippen LogP contribution in [0.5, 0.6) is 0 Å². The maximum absolute atomic E-state index is 9.88. The molecule has 0 aliphatic heterocycles. The lowest BCUT2D eigenvalue weighted by atomic mass is 9.96. The van der Waals surface area contributed by atoms with Crippen molar-refractivity contribution in [2.24, 2.45) is 0 Å². The third-order valence-electron chi connectivity index (χ3n) is 2.41. The molecule has 1 N–H and O–H groups in total. The number of rotatable bonds is 3. The van der Waals surface area contributed by atoms with Crippen LogP contribution in [0.1, 0.15) is 26.5 Å². The van der Waals surface area contributed by atoms with Crippen LogP contribution in [-0.2, 0) is 0 Å². The number of nitrogens with zero attached hydrogens (tertiary/aromatic N) is 2. The number of hydroxylamine groups is 1. The summed E-state index contributed by atoms with van der Waals surface area (Å²) in [5.41, 5.74) is 0.296. The van der Waals surface area contributed by atoms with Crippen molar-refractivity contribution in [2.45, 2.75) is 33.2 Å². The highest BCUT2D eigenvalue weighted by molar-refractivity contribution is 5.40. The zero-order valence-corrected chi connectivity index (χ0v) is 9.03. The van der Waals surface area contributed by atoms with Crippen LogP contribution in [0.2, 0.25) is 0 Å². The predicted octanol–water partition coefficient (Wildman–Crippen LogP) is 2.53. The molecular weight excluding hydrogens is 180 g/mol. The van der Waals surface area contributed by atoms with Crippen LogP contribution in [0.3, 0.4) is 0 Å². The number of aryl methyl sites for hydroxylation is 1. The van der Waals surface area contributed by atoms with Gasteiger partial charge >= 0.3 is 0 Å². The highest BCUT2D eigenvalue weighted by Gasteiger charge is 2.28. The highest BCUT2D eigenvalue weighted by atomic mass is 16.5. The van der Waals surface area contributed by atoms with Gasteiger partial charge in [0.2, 0.25) is 0 Å². The molecule has 14 heavy (non-hydrogen) atoms. The molecule has 1 rings (SSSR count). The molecule has 1 aromatic heterocycles. The average Bonchev–Trinajstić information content (AvgIpc) is 2.50. The fraction of sp³-hybridized carbons (Fsp3) is 0.500. The summed E-state index contributed by atoms with van der Waals surface area (Å²) < 4.78 is 4.88. The Labute approximate surface area is 83.8 Å². The van der Waals surface area contributed by atoms with E-state index in [1.165, 1.54) is 0 Å². The molecule has 0 unspecified atom stereocenters. The van der Waals surface area contributed by atoms with Gasteiger partial charge < -0.3 is 4.52 Å². The van der Waals surface area contributed by atoms with E-state index in [1.807, 2.05) is 20.8 Å². The lowest BCUT2D eigenvalue weighted by Crippen LogP contribution is -2.42. The summed E-state index contributed by atoms with van der Waals surface area (Å²) in [5, 5.41) is 14.7. The Hall–Kier alpha value is -1.29.